The second kappa shape index (κ2) is 4.15. The van der Waals surface area contributed by atoms with Crippen molar-refractivity contribution in [1.82, 2.24) is 0 Å². The number of nitrogens with zero attached hydrogens (tertiary/aromatic N) is 1. The van der Waals surface area contributed by atoms with E-state index in [0.29, 0.717) is 6.61 Å². The smallest absolute Gasteiger partial charge is 0.216 e. The van der Waals surface area contributed by atoms with E-state index in [1.54, 1.807) is 0 Å². The van der Waals surface area contributed by atoms with E-state index in [9.17, 15) is 0 Å². The fraction of sp³-hybridized carbons (Fsp3) is 0.500. The lowest BCUT2D eigenvalue weighted by Gasteiger charge is -2.24. The predicted molar refractivity (Wildman–Crippen MR) is 68.1 cm³/mol. The van der Waals surface area contributed by atoms with E-state index >= 15 is 0 Å². The molecule has 0 aromatic heterocycles. The van der Waals surface area contributed by atoms with Crippen molar-refractivity contribution in [2.75, 3.05) is 13.2 Å². The van der Waals surface area contributed by atoms with E-state index in [1.165, 1.54) is 18.4 Å². The van der Waals surface area contributed by atoms with Crippen molar-refractivity contribution >= 4 is 5.90 Å². The van der Waals surface area contributed by atoms with Gasteiger partial charge in [0.1, 0.15) is 6.61 Å². The number of nitrogens with two attached hydrogens (primary N) is 1. The number of aliphatic imine (C=N–C) groups is 1. The van der Waals surface area contributed by atoms with Crippen LogP contribution in [0, 0.1) is 0 Å². The number of benzene rings is 1. The molecule has 1 heterocycles. The first kappa shape index (κ1) is 10.8. The van der Waals surface area contributed by atoms with Crippen LogP contribution < -0.4 is 5.73 Å². The highest BCUT2D eigenvalue weighted by Crippen LogP contribution is 2.36. The van der Waals surface area contributed by atoms with Crippen LogP contribution in [0.25, 0.3) is 0 Å². The van der Waals surface area contributed by atoms with E-state index < -0.39 is 0 Å². The van der Waals surface area contributed by atoms with Crippen LogP contribution in [0.3, 0.4) is 0 Å². The number of hydrogen-bond acceptors (Lipinski definition) is 3. The van der Waals surface area contributed by atoms with Crippen LogP contribution in [0.4, 0.5) is 0 Å². The van der Waals surface area contributed by atoms with Crippen molar-refractivity contribution in [3.05, 3.63) is 35.4 Å². The molecule has 2 aliphatic rings. The van der Waals surface area contributed by atoms with Crippen LogP contribution in [-0.4, -0.2) is 19.0 Å². The lowest BCUT2D eigenvalue weighted by molar-refractivity contribution is 0.348. The summed E-state index contributed by atoms with van der Waals surface area (Å²) in [4.78, 5) is 4.31. The van der Waals surface area contributed by atoms with Gasteiger partial charge < -0.3 is 10.5 Å². The molecule has 0 atom stereocenters. The molecule has 1 aromatic carbocycles. The molecule has 0 bridgehead atoms. The van der Waals surface area contributed by atoms with E-state index in [1.807, 2.05) is 0 Å². The highest BCUT2D eigenvalue weighted by molar-refractivity contribution is 5.94. The minimum absolute atomic E-state index is 0.100. The third kappa shape index (κ3) is 1.95. The van der Waals surface area contributed by atoms with Gasteiger partial charge in [-0.05, 0) is 30.5 Å². The van der Waals surface area contributed by atoms with Crippen LogP contribution in [-0.2, 0) is 10.3 Å². The zero-order valence-electron chi connectivity index (χ0n) is 9.98. The Kier molecular flexibility index (Phi) is 2.63. The molecule has 3 nitrogen and oxygen atoms in total. The second-order valence-corrected chi connectivity index (χ2v) is 4.98. The monoisotopic (exact) mass is 230 g/mol. The SMILES string of the molecule is NC1(c2ccc(C3=NCCO3)cc2)CCCC1. The van der Waals surface area contributed by atoms with Gasteiger partial charge in [-0.25, -0.2) is 4.99 Å². The van der Waals surface area contributed by atoms with Crippen molar-refractivity contribution in [2.24, 2.45) is 10.7 Å². The normalized spacial score (nSPS) is 22.3. The van der Waals surface area contributed by atoms with Gasteiger partial charge in [-0.3, -0.25) is 0 Å². The summed E-state index contributed by atoms with van der Waals surface area (Å²) >= 11 is 0. The van der Waals surface area contributed by atoms with Gasteiger partial charge in [0.15, 0.2) is 0 Å². The Morgan fingerprint density at radius 1 is 1.12 bits per heavy atom. The number of hydrogen-bond donors (Lipinski definition) is 1. The Balaban J connectivity index is 1.84. The second-order valence-electron chi connectivity index (χ2n) is 4.98. The zero-order chi connectivity index (χ0) is 11.7. The summed E-state index contributed by atoms with van der Waals surface area (Å²) in [5, 5.41) is 0. The molecule has 3 rings (SSSR count). The molecule has 0 unspecified atom stereocenters. The van der Waals surface area contributed by atoms with Gasteiger partial charge in [-0.2, -0.15) is 0 Å². The Hall–Kier alpha value is -1.35. The first-order chi connectivity index (χ1) is 8.28. The van der Waals surface area contributed by atoms with Crippen molar-refractivity contribution < 1.29 is 4.74 Å². The number of ether oxygens (including phenoxy) is 1. The maximum absolute atomic E-state index is 6.42. The van der Waals surface area contributed by atoms with Gasteiger partial charge in [0.25, 0.3) is 0 Å². The van der Waals surface area contributed by atoms with Crippen molar-refractivity contribution in [1.29, 1.82) is 0 Å². The third-order valence-corrected chi connectivity index (χ3v) is 3.79. The van der Waals surface area contributed by atoms with Crippen LogP contribution in [0.15, 0.2) is 29.3 Å². The minimum atomic E-state index is -0.100. The molecule has 1 fully saturated rings. The Morgan fingerprint density at radius 3 is 2.41 bits per heavy atom. The van der Waals surface area contributed by atoms with Crippen LogP contribution >= 0.6 is 0 Å². The first-order valence-electron chi connectivity index (χ1n) is 6.35. The standard InChI is InChI=1S/C14H18N2O/c15-14(7-1-2-8-14)12-5-3-11(4-6-12)13-16-9-10-17-13/h3-6H,1-2,7-10,15H2. The molecule has 0 amide bonds. The zero-order valence-corrected chi connectivity index (χ0v) is 9.98. The molecule has 0 spiro atoms. The average molecular weight is 230 g/mol. The van der Waals surface area contributed by atoms with Gasteiger partial charge in [-0.15, -0.1) is 0 Å². The lowest BCUT2D eigenvalue weighted by Crippen LogP contribution is -2.32. The average Bonchev–Trinajstić information content (AvgIpc) is 3.01. The fourth-order valence-corrected chi connectivity index (χ4v) is 2.75. The Bertz CT molecular complexity index is 430. The van der Waals surface area contributed by atoms with Crippen LogP contribution in [0.5, 0.6) is 0 Å². The van der Waals surface area contributed by atoms with Gasteiger partial charge in [0.05, 0.1) is 6.54 Å². The van der Waals surface area contributed by atoms with E-state index in [0.717, 1.165) is 30.8 Å². The predicted octanol–water partition coefficient (Wildman–Crippen LogP) is 2.19. The molecule has 90 valence electrons. The molecule has 0 saturated heterocycles. The van der Waals surface area contributed by atoms with Gasteiger partial charge in [-0.1, -0.05) is 25.0 Å². The Morgan fingerprint density at radius 2 is 1.82 bits per heavy atom. The number of rotatable bonds is 2. The highest BCUT2D eigenvalue weighted by atomic mass is 16.5. The van der Waals surface area contributed by atoms with Crippen LogP contribution in [0.2, 0.25) is 0 Å². The maximum atomic E-state index is 6.42. The van der Waals surface area contributed by atoms with E-state index in [2.05, 4.69) is 29.3 Å². The summed E-state index contributed by atoms with van der Waals surface area (Å²) in [5.74, 6) is 0.772. The molecule has 3 heteroatoms. The van der Waals surface area contributed by atoms with Crippen molar-refractivity contribution in [2.45, 2.75) is 31.2 Å². The maximum Gasteiger partial charge on any atom is 0.216 e. The highest BCUT2D eigenvalue weighted by Gasteiger charge is 2.31. The molecule has 17 heavy (non-hydrogen) atoms. The third-order valence-electron chi connectivity index (χ3n) is 3.79. The molecule has 1 aliphatic heterocycles. The van der Waals surface area contributed by atoms with E-state index in [-0.39, 0.29) is 5.54 Å². The molecular formula is C14H18N2O. The van der Waals surface area contributed by atoms with E-state index in [4.69, 9.17) is 10.5 Å². The van der Waals surface area contributed by atoms with Crippen molar-refractivity contribution in [3.63, 3.8) is 0 Å². The lowest BCUT2D eigenvalue weighted by atomic mass is 9.89. The topological polar surface area (TPSA) is 47.6 Å². The molecular weight excluding hydrogens is 212 g/mol. The minimum Gasteiger partial charge on any atom is -0.476 e. The fourth-order valence-electron chi connectivity index (χ4n) is 2.75. The summed E-state index contributed by atoms with van der Waals surface area (Å²) in [7, 11) is 0. The largest absolute Gasteiger partial charge is 0.476 e. The molecule has 2 N–H and O–H groups in total. The molecule has 1 aromatic rings. The summed E-state index contributed by atoms with van der Waals surface area (Å²) in [6.45, 7) is 1.48. The molecule has 1 aliphatic carbocycles. The summed E-state index contributed by atoms with van der Waals surface area (Å²) in [6, 6.07) is 8.41. The summed E-state index contributed by atoms with van der Waals surface area (Å²) in [5.41, 5.74) is 8.63. The summed E-state index contributed by atoms with van der Waals surface area (Å²) in [6.07, 6.45) is 4.69. The van der Waals surface area contributed by atoms with Crippen molar-refractivity contribution in [3.8, 4) is 0 Å². The Labute approximate surface area is 102 Å². The van der Waals surface area contributed by atoms with Gasteiger partial charge >= 0.3 is 0 Å². The molecule has 1 saturated carbocycles. The van der Waals surface area contributed by atoms with Crippen LogP contribution in [0.1, 0.15) is 36.8 Å². The van der Waals surface area contributed by atoms with Gasteiger partial charge in [0, 0.05) is 11.1 Å². The summed E-state index contributed by atoms with van der Waals surface area (Å²) < 4.78 is 5.45. The first-order valence-corrected chi connectivity index (χ1v) is 6.35. The quantitative estimate of drug-likeness (QED) is 0.846. The van der Waals surface area contributed by atoms with Gasteiger partial charge in [0.2, 0.25) is 5.90 Å². The molecule has 0 radical (unpaired) electrons.